The van der Waals surface area contributed by atoms with Crippen LogP contribution in [0.25, 0.3) is 50.8 Å². The van der Waals surface area contributed by atoms with Crippen LogP contribution >= 0.6 is 12.2 Å². The number of anilines is 1. The van der Waals surface area contributed by atoms with Crippen LogP contribution in [0.1, 0.15) is 55.0 Å². The average molecular weight is 1060 g/mol. The second kappa shape index (κ2) is 22.9. The van der Waals surface area contributed by atoms with E-state index in [4.69, 9.17) is 27.4 Å². The molecular weight excluding hydrogens is 1010 g/mol. The lowest BCUT2D eigenvalue weighted by Gasteiger charge is -2.16. The van der Waals surface area contributed by atoms with Crippen molar-refractivity contribution in [3.63, 3.8) is 0 Å². The first-order valence-electron chi connectivity index (χ1n) is 24.3. The molecule has 77 heavy (non-hydrogen) atoms. The molecule has 0 atom stereocenters. The number of nitrogen functional groups attached to an aromatic ring is 1. The Bertz CT molecular complexity index is 3850. The second-order valence-electron chi connectivity index (χ2n) is 17.6. The lowest BCUT2D eigenvalue weighted by atomic mass is 10.0. The minimum atomic E-state index is -0.331. The van der Waals surface area contributed by atoms with E-state index in [-0.39, 0.29) is 52.0 Å². The lowest BCUT2D eigenvalue weighted by molar-refractivity contribution is 0.401. The minimum absolute atomic E-state index is 0.0287. The van der Waals surface area contributed by atoms with E-state index in [0.717, 1.165) is 28.1 Å². The fourth-order valence-corrected chi connectivity index (χ4v) is 9.20. The number of phenolic OH excluding ortho intramolecular Hbond substituents is 6. The number of aromatic nitrogens is 6. The van der Waals surface area contributed by atoms with Gasteiger partial charge in [-0.05, 0) is 115 Å². The van der Waals surface area contributed by atoms with E-state index in [1.807, 2.05) is 45.0 Å². The van der Waals surface area contributed by atoms with Crippen molar-refractivity contribution in [1.82, 2.24) is 28.7 Å². The predicted octanol–water partition coefficient (Wildman–Crippen LogP) is 10.7. The van der Waals surface area contributed by atoms with Crippen molar-refractivity contribution in [3.8, 4) is 96.8 Å². The summed E-state index contributed by atoms with van der Waals surface area (Å²) in [5.74, 6) is 1.03. The summed E-state index contributed by atoms with van der Waals surface area (Å²) in [5.41, 5.74) is 15.4. The number of hydrogen-bond donors (Lipinski definition) is 9. The van der Waals surface area contributed by atoms with Crippen LogP contribution in [0.4, 0.5) is 10.3 Å². The molecule has 3 aromatic heterocycles. The first kappa shape index (κ1) is 53.7. The number of hydrogen-bond acceptors (Lipinski definition) is 14. The Morgan fingerprint density at radius 3 is 1.75 bits per heavy atom. The number of aromatic amines is 2. The average Bonchev–Trinajstić information content (AvgIpc) is 4.26. The van der Waals surface area contributed by atoms with Gasteiger partial charge in [-0.15, -0.1) is 0 Å². The Morgan fingerprint density at radius 2 is 1.21 bits per heavy atom. The van der Waals surface area contributed by atoms with Crippen LogP contribution < -0.4 is 20.9 Å². The maximum Gasteiger partial charge on any atom is 0.330 e. The summed E-state index contributed by atoms with van der Waals surface area (Å²) in [6.45, 7) is 7.55. The maximum absolute atomic E-state index is 13.4. The number of phenols is 6. The molecule has 396 valence electrons. The Morgan fingerprint density at radius 1 is 0.636 bits per heavy atom. The van der Waals surface area contributed by atoms with Gasteiger partial charge in [0.15, 0.2) is 4.77 Å². The van der Waals surface area contributed by atoms with Crippen molar-refractivity contribution in [2.24, 2.45) is 10.2 Å². The van der Waals surface area contributed by atoms with Gasteiger partial charge in [0.2, 0.25) is 5.95 Å². The smallest absolute Gasteiger partial charge is 0.330 e. The molecule has 6 aromatic carbocycles. The molecule has 0 amide bonds. The molecule has 0 spiro atoms. The van der Waals surface area contributed by atoms with Crippen LogP contribution in [0, 0.1) is 17.5 Å². The van der Waals surface area contributed by atoms with Gasteiger partial charge in [0.1, 0.15) is 51.8 Å². The summed E-state index contributed by atoms with van der Waals surface area (Å²) >= 11 is 5.36. The van der Waals surface area contributed by atoms with E-state index in [1.54, 1.807) is 97.5 Å². The molecule has 0 saturated carbocycles. The monoisotopic (exact) mass is 1060 g/mol. The third-order valence-corrected chi connectivity index (χ3v) is 13.2. The van der Waals surface area contributed by atoms with Gasteiger partial charge < -0.3 is 55.8 Å². The van der Waals surface area contributed by atoms with Crippen LogP contribution in [0.3, 0.4) is 0 Å². The molecule has 0 radical (unpaired) electrons. The van der Waals surface area contributed by atoms with Gasteiger partial charge in [-0.1, -0.05) is 39.0 Å². The molecule has 18 nitrogen and oxygen atoms in total. The van der Waals surface area contributed by atoms with Crippen molar-refractivity contribution in [1.29, 1.82) is 0 Å². The molecule has 1 aliphatic rings. The number of methoxy groups -OCH3 is 2. The van der Waals surface area contributed by atoms with E-state index in [0.29, 0.717) is 98.2 Å². The van der Waals surface area contributed by atoms with Gasteiger partial charge in [0.25, 0.3) is 0 Å². The Hall–Kier alpha value is -9.56. The highest BCUT2D eigenvalue weighted by atomic mass is 32.1. The fraction of sp³-hybridized carbons (Fsp3) is 0.175. The molecule has 1 aliphatic heterocycles. The molecule has 9 aromatic rings. The summed E-state index contributed by atoms with van der Waals surface area (Å²) in [5, 5.41) is 68.9. The summed E-state index contributed by atoms with van der Waals surface area (Å²) in [7, 11) is 3.13. The number of nitrogens with one attached hydrogen (secondary N) is 2. The molecular formula is C57H56FN9O9S. The van der Waals surface area contributed by atoms with Crippen LogP contribution in [0.5, 0.6) is 46.0 Å². The van der Waals surface area contributed by atoms with Crippen LogP contribution in [0.2, 0.25) is 0 Å². The van der Waals surface area contributed by atoms with Crippen LogP contribution in [-0.4, -0.2) is 85.4 Å². The third kappa shape index (κ3) is 10.9. The molecule has 0 saturated heterocycles. The van der Waals surface area contributed by atoms with Crippen LogP contribution in [-0.2, 0) is 19.3 Å². The fourth-order valence-electron chi connectivity index (χ4n) is 8.95. The van der Waals surface area contributed by atoms with Crippen molar-refractivity contribution >= 4 is 30.1 Å². The van der Waals surface area contributed by atoms with Gasteiger partial charge in [-0.2, -0.15) is 10.2 Å². The minimum Gasteiger partial charge on any atom is -0.508 e. The predicted molar refractivity (Wildman–Crippen MR) is 297 cm³/mol. The number of benzene rings is 6. The summed E-state index contributed by atoms with van der Waals surface area (Å²) < 4.78 is 29.5. The number of halogens is 1. The zero-order valence-electron chi connectivity index (χ0n) is 42.8. The van der Waals surface area contributed by atoms with Gasteiger partial charge in [0.05, 0.1) is 60.3 Å². The highest BCUT2D eigenvalue weighted by molar-refractivity contribution is 7.71. The summed E-state index contributed by atoms with van der Waals surface area (Å²) in [6.07, 6.45) is 8.96. The third-order valence-electron chi connectivity index (χ3n) is 12.9. The molecule has 0 bridgehead atoms. The SMILES string of the molecule is CCc1cc(-c2c[nH]c(=O)n2-c2ccccc2C2=NN=CC2)c(O)cc1O.CCc1cc(-c2c[nH]c(=S)n2-c2ccc(F)cc2C)c(O)cc1O.CCc1cc(-c2cnc(N)n2-c2cc(OC)ccc2OC)c(O)cc1O. The van der Waals surface area contributed by atoms with Crippen molar-refractivity contribution in [3.05, 3.63) is 165 Å². The van der Waals surface area contributed by atoms with E-state index in [1.165, 1.54) is 34.9 Å². The molecule has 20 heteroatoms. The lowest BCUT2D eigenvalue weighted by Crippen LogP contribution is -2.18. The zero-order valence-corrected chi connectivity index (χ0v) is 43.6. The molecule has 4 heterocycles. The number of rotatable bonds is 12. The van der Waals surface area contributed by atoms with E-state index in [2.05, 4.69) is 25.2 Å². The molecule has 10 rings (SSSR count). The maximum atomic E-state index is 13.4. The topological polar surface area (TPSA) is 267 Å². The molecule has 0 fully saturated rings. The number of nitrogens with two attached hydrogens (primary N) is 1. The highest BCUT2D eigenvalue weighted by Gasteiger charge is 2.23. The first-order valence-corrected chi connectivity index (χ1v) is 24.7. The second-order valence-corrected chi connectivity index (χ2v) is 17.9. The zero-order chi connectivity index (χ0) is 55.2. The number of imidazole rings is 3. The summed E-state index contributed by atoms with van der Waals surface area (Å²) in [6, 6.07) is 26.3. The normalized spacial score (nSPS) is 11.6. The Kier molecular flexibility index (Phi) is 16.0. The van der Waals surface area contributed by atoms with Gasteiger partial charge in [-0.3, -0.25) is 13.7 Å². The molecule has 0 unspecified atom stereocenters. The van der Waals surface area contributed by atoms with Gasteiger partial charge in [0, 0.05) is 71.5 Å². The number of nitrogens with zero attached hydrogens (tertiary/aromatic N) is 6. The molecule has 0 aliphatic carbocycles. The van der Waals surface area contributed by atoms with Crippen molar-refractivity contribution < 1.29 is 44.5 Å². The number of para-hydroxylation sites is 1. The molecule has 10 N–H and O–H groups in total. The Labute approximate surface area is 446 Å². The largest absolute Gasteiger partial charge is 0.508 e. The number of aromatic hydroxyl groups is 6. The number of H-pyrrole nitrogens is 2. The van der Waals surface area contributed by atoms with E-state index >= 15 is 0 Å². The van der Waals surface area contributed by atoms with E-state index in [9.17, 15) is 39.8 Å². The van der Waals surface area contributed by atoms with Crippen molar-refractivity contribution in [2.75, 3.05) is 20.0 Å². The standard InChI is InChI=1S/C20H18N4O3.C19H21N3O4.C18H17FN2O2S/c1-2-12-9-14(19(26)10-18(12)25)17-11-21-20(27)24(17)16-6-4-3-5-13(16)15-7-8-22-23-15;1-4-11-7-13(17(24)9-16(11)23)15-10-21-19(20)22(15)14-8-12(25-2)5-6-18(14)26-3;1-3-11-7-13(17(23)8-16(11)22)15-9-20-18(24)21(15)14-5-4-12(19)6-10(14)2/h3-6,8-11,25-26H,2,7H2,1H3,(H,21,27);5-10,23-24H,4H2,1-3H3,(H2,20,21);4-9,22-23H,3H2,1-2H3,(H,20,24). The van der Waals surface area contributed by atoms with Gasteiger partial charge in [-0.25, -0.2) is 14.2 Å². The number of ether oxygens (including phenoxy) is 2. The highest BCUT2D eigenvalue weighted by Crippen LogP contribution is 2.41. The quantitative estimate of drug-likeness (QED) is 0.0517. The van der Waals surface area contributed by atoms with E-state index < -0.39 is 0 Å². The first-order chi connectivity index (χ1) is 37.0. The van der Waals surface area contributed by atoms with Gasteiger partial charge >= 0.3 is 5.69 Å². The van der Waals surface area contributed by atoms with Crippen molar-refractivity contribution in [2.45, 2.75) is 53.4 Å². The summed E-state index contributed by atoms with van der Waals surface area (Å²) in [4.78, 5) is 22.5. The van der Waals surface area contributed by atoms with Crippen LogP contribution in [0.15, 0.2) is 131 Å². The number of aryl methyl sites for hydroxylation is 4. The Balaban J connectivity index is 0.000000153.